The number of sulfone groups is 1. The molecule has 170 valence electrons. The van der Waals surface area contributed by atoms with Crippen LogP contribution in [0.4, 0.5) is 8.78 Å². The highest BCUT2D eigenvalue weighted by atomic mass is 32.2. The standard InChI is InChI=1S/C21H34F2N4O2S/c1-5-24-20(25-11-13-30(28,29)21(2,3)4)26-16-8-7-12-27(14-16)15-17-18(22)9-6-10-19(17)23/h6,9-10,16H,5,7-8,11-15H2,1-4H3,(H2,24,25,26). The summed E-state index contributed by atoms with van der Waals surface area (Å²) in [5.74, 6) is -0.512. The largest absolute Gasteiger partial charge is 0.357 e. The zero-order valence-corrected chi connectivity index (χ0v) is 19.2. The van der Waals surface area contributed by atoms with Crippen LogP contribution in [0.5, 0.6) is 0 Å². The predicted molar refractivity (Wildman–Crippen MR) is 117 cm³/mol. The molecule has 1 aromatic rings. The Bertz CT molecular complexity index is 818. The summed E-state index contributed by atoms with van der Waals surface area (Å²) in [6.07, 6.45) is 1.80. The van der Waals surface area contributed by atoms with Crippen molar-refractivity contribution in [1.29, 1.82) is 0 Å². The van der Waals surface area contributed by atoms with Crippen LogP contribution in [0.15, 0.2) is 23.2 Å². The second-order valence-electron chi connectivity index (χ2n) is 8.61. The first-order valence-corrected chi connectivity index (χ1v) is 12.1. The first-order chi connectivity index (χ1) is 14.0. The van der Waals surface area contributed by atoms with E-state index in [4.69, 9.17) is 0 Å². The second kappa shape index (κ2) is 10.5. The number of aliphatic imine (C=N–C) groups is 1. The number of likely N-dealkylation sites (tertiary alicyclic amines) is 1. The number of benzene rings is 1. The van der Waals surface area contributed by atoms with Gasteiger partial charge in [-0.2, -0.15) is 0 Å². The minimum absolute atomic E-state index is 0.0174. The summed E-state index contributed by atoms with van der Waals surface area (Å²) >= 11 is 0. The van der Waals surface area contributed by atoms with E-state index in [1.165, 1.54) is 18.2 Å². The fourth-order valence-electron chi connectivity index (χ4n) is 3.32. The van der Waals surface area contributed by atoms with Crippen molar-refractivity contribution in [2.75, 3.05) is 31.9 Å². The minimum atomic E-state index is -3.23. The van der Waals surface area contributed by atoms with Crippen LogP contribution in [-0.4, -0.2) is 62.0 Å². The number of guanidine groups is 1. The van der Waals surface area contributed by atoms with Crippen molar-refractivity contribution in [2.24, 2.45) is 4.99 Å². The number of rotatable bonds is 7. The van der Waals surface area contributed by atoms with Gasteiger partial charge in [0.2, 0.25) is 0 Å². The van der Waals surface area contributed by atoms with Gasteiger partial charge >= 0.3 is 0 Å². The molecule has 0 aliphatic carbocycles. The number of nitrogens with zero attached hydrogens (tertiary/aromatic N) is 2. The average molecular weight is 445 g/mol. The van der Waals surface area contributed by atoms with Gasteiger partial charge in [-0.05, 0) is 59.2 Å². The maximum Gasteiger partial charge on any atom is 0.191 e. The summed E-state index contributed by atoms with van der Waals surface area (Å²) in [6, 6.07) is 3.98. The molecular weight excluding hydrogens is 410 g/mol. The molecule has 1 aromatic carbocycles. The van der Waals surface area contributed by atoms with Crippen molar-refractivity contribution >= 4 is 15.8 Å². The summed E-state index contributed by atoms with van der Waals surface area (Å²) < 4.78 is 51.7. The summed E-state index contributed by atoms with van der Waals surface area (Å²) in [4.78, 5) is 6.44. The lowest BCUT2D eigenvalue weighted by Gasteiger charge is -2.34. The summed E-state index contributed by atoms with van der Waals surface area (Å²) in [6.45, 7) is 9.42. The molecule has 6 nitrogen and oxygen atoms in total. The molecule has 1 heterocycles. The third kappa shape index (κ3) is 6.91. The van der Waals surface area contributed by atoms with Crippen molar-refractivity contribution in [2.45, 2.75) is 57.9 Å². The molecule has 0 radical (unpaired) electrons. The van der Waals surface area contributed by atoms with E-state index in [0.717, 1.165) is 19.4 Å². The van der Waals surface area contributed by atoms with Gasteiger partial charge in [0.15, 0.2) is 15.8 Å². The van der Waals surface area contributed by atoms with Gasteiger partial charge in [-0.3, -0.25) is 9.89 Å². The Hall–Kier alpha value is -1.74. The van der Waals surface area contributed by atoms with Crippen molar-refractivity contribution in [3.8, 4) is 0 Å². The summed E-state index contributed by atoms with van der Waals surface area (Å²) in [7, 11) is -3.23. The Labute approximate surface area is 179 Å². The van der Waals surface area contributed by atoms with Gasteiger partial charge in [-0.15, -0.1) is 0 Å². The van der Waals surface area contributed by atoms with Crippen LogP contribution < -0.4 is 10.6 Å². The highest BCUT2D eigenvalue weighted by Gasteiger charge is 2.28. The van der Waals surface area contributed by atoms with E-state index in [-0.39, 0.29) is 30.4 Å². The molecule has 2 N–H and O–H groups in total. The summed E-state index contributed by atoms with van der Waals surface area (Å²) in [5.41, 5.74) is 0.0890. The van der Waals surface area contributed by atoms with Gasteiger partial charge in [0.05, 0.1) is 17.0 Å². The normalized spacial score (nSPS) is 19.0. The Morgan fingerprint density at radius 2 is 1.93 bits per heavy atom. The van der Waals surface area contributed by atoms with E-state index in [9.17, 15) is 17.2 Å². The lowest BCUT2D eigenvalue weighted by molar-refractivity contribution is 0.188. The first kappa shape index (κ1) is 24.5. The molecule has 0 saturated carbocycles. The SMILES string of the molecule is CCNC(=NCCS(=O)(=O)C(C)(C)C)NC1CCCN(Cc2c(F)cccc2F)C1. The van der Waals surface area contributed by atoms with E-state index < -0.39 is 26.2 Å². The zero-order chi connectivity index (χ0) is 22.4. The number of hydrogen-bond donors (Lipinski definition) is 2. The number of hydrogen-bond acceptors (Lipinski definition) is 4. The highest BCUT2D eigenvalue weighted by Crippen LogP contribution is 2.18. The third-order valence-electron chi connectivity index (χ3n) is 5.20. The molecule has 0 aromatic heterocycles. The summed E-state index contributed by atoms with van der Waals surface area (Å²) in [5, 5.41) is 6.48. The molecule has 0 spiro atoms. The van der Waals surface area contributed by atoms with Gasteiger partial charge in [0.1, 0.15) is 11.6 Å². The Morgan fingerprint density at radius 1 is 1.27 bits per heavy atom. The molecule has 1 aliphatic rings. The fourth-order valence-corrected chi connectivity index (χ4v) is 4.27. The minimum Gasteiger partial charge on any atom is -0.357 e. The topological polar surface area (TPSA) is 73.8 Å². The van der Waals surface area contributed by atoms with E-state index in [1.54, 1.807) is 20.8 Å². The predicted octanol–water partition coefficient (Wildman–Crippen LogP) is 2.70. The van der Waals surface area contributed by atoms with Gasteiger partial charge in [-0.25, -0.2) is 17.2 Å². The van der Waals surface area contributed by atoms with Gasteiger partial charge in [0, 0.05) is 31.2 Å². The lowest BCUT2D eigenvalue weighted by Crippen LogP contribution is -2.51. The molecule has 1 atom stereocenters. The Morgan fingerprint density at radius 3 is 2.53 bits per heavy atom. The van der Waals surface area contributed by atoms with Gasteiger partial charge in [-0.1, -0.05) is 6.07 Å². The lowest BCUT2D eigenvalue weighted by atomic mass is 10.0. The van der Waals surface area contributed by atoms with Crippen LogP contribution in [0.1, 0.15) is 46.1 Å². The zero-order valence-electron chi connectivity index (χ0n) is 18.3. The molecule has 1 fully saturated rings. The van der Waals surface area contributed by atoms with Crippen molar-refractivity contribution in [1.82, 2.24) is 15.5 Å². The number of nitrogens with one attached hydrogen (secondary N) is 2. The Kier molecular flexibility index (Phi) is 8.61. The van der Waals surface area contributed by atoms with Gasteiger partial charge < -0.3 is 10.6 Å². The highest BCUT2D eigenvalue weighted by molar-refractivity contribution is 7.92. The molecule has 30 heavy (non-hydrogen) atoms. The van der Waals surface area contributed by atoms with E-state index in [0.29, 0.717) is 19.0 Å². The van der Waals surface area contributed by atoms with Crippen molar-refractivity contribution in [3.63, 3.8) is 0 Å². The molecule has 1 aliphatic heterocycles. The molecule has 1 unspecified atom stereocenters. The third-order valence-corrected chi connectivity index (χ3v) is 7.78. The quantitative estimate of drug-likeness (QED) is 0.500. The fraction of sp³-hybridized carbons (Fsp3) is 0.667. The molecule has 9 heteroatoms. The molecule has 2 rings (SSSR count). The maximum atomic E-state index is 14.0. The van der Waals surface area contributed by atoms with E-state index >= 15 is 0 Å². The van der Waals surface area contributed by atoms with Crippen LogP contribution in [0.25, 0.3) is 0 Å². The van der Waals surface area contributed by atoms with E-state index in [2.05, 4.69) is 15.6 Å². The van der Waals surface area contributed by atoms with Crippen molar-refractivity contribution in [3.05, 3.63) is 35.4 Å². The van der Waals surface area contributed by atoms with Crippen LogP contribution >= 0.6 is 0 Å². The molecule has 0 amide bonds. The van der Waals surface area contributed by atoms with Crippen molar-refractivity contribution < 1.29 is 17.2 Å². The monoisotopic (exact) mass is 444 g/mol. The van der Waals surface area contributed by atoms with Crippen LogP contribution in [0.2, 0.25) is 0 Å². The Balaban J connectivity index is 1.98. The van der Waals surface area contributed by atoms with Crippen LogP contribution in [0, 0.1) is 11.6 Å². The number of piperidine rings is 1. The number of halogens is 2. The molecule has 1 saturated heterocycles. The first-order valence-electron chi connectivity index (χ1n) is 10.5. The second-order valence-corrected chi connectivity index (χ2v) is 11.5. The smallest absolute Gasteiger partial charge is 0.191 e. The average Bonchev–Trinajstić information content (AvgIpc) is 2.64. The maximum absolute atomic E-state index is 14.0. The van der Waals surface area contributed by atoms with Gasteiger partial charge in [0.25, 0.3) is 0 Å². The van der Waals surface area contributed by atoms with Crippen LogP contribution in [-0.2, 0) is 16.4 Å². The molecule has 0 bridgehead atoms. The molecular formula is C21H34F2N4O2S. The van der Waals surface area contributed by atoms with E-state index in [1.807, 2.05) is 11.8 Å². The van der Waals surface area contributed by atoms with Crippen LogP contribution in [0.3, 0.4) is 0 Å².